The van der Waals surface area contributed by atoms with Crippen LogP contribution in [0.4, 0.5) is 5.69 Å². The Hall–Kier alpha value is -1.99. The van der Waals surface area contributed by atoms with Gasteiger partial charge in [-0.2, -0.15) is 5.26 Å². The van der Waals surface area contributed by atoms with Crippen LogP contribution in [0, 0.1) is 25.2 Å². The lowest BCUT2D eigenvalue weighted by Crippen LogP contribution is -1.96. The summed E-state index contributed by atoms with van der Waals surface area (Å²) in [7, 11) is 0. The van der Waals surface area contributed by atoms with Gasteiger partial charge in [-0.1, -0.05) is 41.1 Å². The first-order chi connectivity index (χ1) is 9.10. The van der Waals surface area contributed by atoms with E-state index < -0.39 is 0 Å². The Morgan fingerprint density at radius 3 is 2.58 bits per heavy atom. The standard InChI is InChI=1S/C15H15N3S/c1-10-5-11(2)7-12(6-10)9-19-15-14(17)13(8-16)3-4-18-15/h3-7H,9,17H2,1-2H3. The maximum absolute atomic E-state index is 8.93. The number of nitrogens with zero attached hydrogens (tertiary/aromatic N) is 2. The first kappa shape index (κ1) is 13.4. The van der Waals surface area contributed by atoms with Crippen LogP contribution in [0.5, 0.6) is 0 Å². The molecule has 0 aliphatic rings. The quantitative estimate of drug-likeness (QED) is 0.867. The first-order valence-electron chi connectivity index (χ1n) is 5.94. The summed E-state index contributed by atoms with van der Waals surface area (Å²) in [6.07, 6.45) is 1.62. The Balaban J connectivity index is 2.17. The Morgan fingerprint density at radius 2 is 1.95 bits per heavy atom. The average molecular weight is 269 g/mol. The fraction of sp³-hybridized carbons (Fsp3) is 0.200. The minimum absolute atomic E-state index is 0.472. The van der Waals surface area contributed by atoms with Crippen LogP contribution in [-0.2, 0) is 5.75 Å². The molecule has 2 N–H and O–H groups in total. The van der Waals surface area contributed by atoms with E-state index in [9.17, 15) is 0 Å². The summed E-state index contributed by atoms with van der Waals surface area (Å²) in [6.45, 7) is 4.17. The van der Waals surface area contributed by atoms with Crippen molar-refractivity contribution in [3.8, 4) is 6.07 Å². The van der Waals surface area contributed by atoms with Crippen LogP contribution in [-0.4, -0.2) is 4.98 Å². The molecule has 1 heterocycles. The highest BCUT2D eigenvalue weighted by atomic mass is 32.2. The second-order valence-electron chi connectivity index (χ2n) is 4.47. The molecule has 2 rings (SSSR count). The zero-order chi connectivity index (χ0) is 13.8. The molecule has 0 aliphatic carbocycles. The molecule has 0 amide bonds. The van der Waals surface area contributed by atoms with Crippen molar-refractivity contribution in [2.45, 2.75) is 24.6 Å². The van der Waals surface area contributed by atoms with E-state index in [4.69, 9.17) is 11.0 Å². The Bertz CT molecular complexity index is 624. The van der Waals surface area contributed by atoms with Crippen LogP contribution in [0.1, 0.15) is 22.3 Å². The predicted octanol–water partition coefficient (Wildman–Crippen LogP) is 3.44. The van der Waals surface area contributed by atoms with Crippen LogP contribution < -0.4 is 5.73 Å². The molecule has 3 nitrogen and oxygen atoms in total. The SMILES string of the molecule is Cc1cc(C)cc(CSc2nccc(C#N)c2N)c1. The molecule has 0 spiro atoms. The van der Waals surface area contributed by atoms with Gasteiger partial charge >= 0.3 is 0 Å². The van der Waals surface area contributed by atoms with Crippen LogP contribution in [0.15, 0.2) is 35.5 Å². The molecule has 0 radical (unpaired) electrons. The second-order valence-corrected chi connectivity index (χ2v) is 5.44. The number of aryl methyl sites for hydroxylation is 2. The fourth-order valence-corrected chi connectivity index (χ4v) is 2.84. The number of rotatable bonds is 3. The Morgan fingerprint density at radius 1 is 1.26 bits per heavy atom. The van der Waals surface area contributed by atoms with Crippen molar-refractivity contribution in [1.82, 2.24) is 4.98 Å². The van der Waals surface area contributed by atoms with Gasteiger partial charge in [0.1, 0.15) is 11.1 Å². The van der Waals surface area contributed by atoms with Gasteiger partial charge in [0.2, 0.25) is 0 Å². The van der Waals surface area contributed by atoms with Gasteiger partial charge in [0.15, 0.2) is 0 Å². The zero-order valence-electron chi connectivity index (χ0n) is 11.0. The van der Waals surface area contributed by atoms with E-state index in [1.165, 1.54) is 16.7 Å². The van der Waals surface area contributed by atoms with Gasteiger partial charge in [-0.3, -0.25) is 0 Å². The molecule has 0 saturated heterocycles. The normalized spacial score (nSPS) is 10.2. The summed E-state index contributed by atoms with van der Waals surface area (Å²) in [5, 5.41) is 9.65. The molecule has 0 unspecified atom stereocenters. The van der Waals surface area contributed by atoms with E-state index >= 15 is 0 Å². The highest BCUT2D eigenvalue weighted by Crippen LogP contribution is 2.28. The van der Waals surface area contributed by atoms with E-state index in [1.807, 2.05) is 0 Å². The van der Waals surface area contributed by atoms with Crippen molar-refractivity contribution in [3.05, 3.63) is 52.7 Å². The minimum Gasteiger partial charge on any atom is -0.395 e. The van der Waals surface area contributed by atoms with Crippen LogP contribution >= 0.6 is 11.8 Å². The molecular formula is C15H15N3S. The number of aromatic nitrogens is 1. The Labute approximate surface area is 117 Å². The monoisotopic (exact) mass is 269 g/mol. The number of thioether (sulfide) groups is 1. The van der Waals surface area contributed by atoms with Crippen molar-refractivity contribution in [1.29, 1.82) is 5.26 Å². The van der Waals surface area contributed by atoms with Gasteiger partial charge in [-0.15, -0.1) is 0 Å². The van der Waals surface area contributed by atoms with E-state index in [2.05, 4.69) is 43.1 Å². The third kappa shape index (κ3) is 3.27. The molecule has 0 saturated carbocycles. The van der Waals surface area contributed by atoms with E-state index in [0.29, 0.717) is 11.3 Å². The van der Waals surface area contributed by atoms with Gasteiger partial charge in [0.05, 0.1) is 11.3 Å². The van der Waals surface area contributed by atoms with Crippen molar-refractivity contribution in [2.75, 3.05) is 5.73 Å². The maximum atomic E-state index is 8.93. The van der Waals surface area contributed by atoms with Crippen LogP contribution in [0.3, 0.4) is 0 Å². The molecule has 0 bridgehead atoms. The first-order valence-corrected chi connectivity index (χ1v) is 6.93. The van der Waals surface area contributed by atoms with Crippen molar-refractivity contribution in [3.63, 3.8) is 0 Å². The third-order valence-electron chi connectivity index (χ3n) is 2.73. The summed E-state index contributed by atoms with van der Waals surface area (Å²) < 4.78 is 0. The molecule has 1 aromatic carbocycles. The molecule has 19 heavy (non-hydrogen) atoms. The number of benzene rings is 1. The van der Waals surface area contributed by atoms with Gasteiger partial charge in [-0.05, 0) is 25.5 Å². The molecule has 96 valence electrons. The third-order valence-corrected chi connectivity index (χ3v) is 3.81. The summed E-state index contributed by atoms with van der Waals surface area (Å²) in [6, 6.07) is 10.2. The van der Waals surface area contributed by atoms with Crippen molar-refractivity contribution >= 4 is 17.4 Å². The number of hydrogen-bond acceptors (Lipinski definition) is 4. The number of hydrogen-bond donors (Lipinski definition) is 1. The fourth-order valence-electron chi connectivity index (χ4n) is 1.97. The van der Waals surface area contributed by atoms with Crippen LogP contribution in [0.2, 0.25) is 0 Å². The van der Waals surface area contributed by atoms with E-state index in [-0.39, 0.29) is 0 Å². The lowest BCUT2D eigenvalue weighted by Gasteiger charge is -2.07. The number of nitriles is 1. The Kier molecular flexibility index (Phi) is 4.08. The molecule has 0 aliphatic heterocycles. The topological polar surface area (TPSA) is 62.7 Å². The molecule has 0 fully saturated rings. The molecule has 2 aromatic rings. The lowest BCUT2D eigenvalue weighted by molar-refractivity contribution is 1.13. The van der Waals surface area contributed by atoms with Crippen molar-refractivity contribution < 1.29 is 0 Å². The minimum atomic E-state index is 0.472. The molecular weight excluding hydrogens is 254 g/mol. The van der Waals surface area contributed by atoms with E-state index in [1.54, 1.807) is 24.0 Å². The predicted molar refractivity (Wildman–Crippen MR) is 78.8 cm³/mol. The summed E-state index contributed by atoms with van der Waals surface area (Å²) in [5.74, 6) is 0.800. The largest absolute Gasteiger partial charge is 0.395 e. The van der Waals surface area contributed by atoms with Gasteiger partial charge in [0.25, 0.3) is 0 Å². The number of nitrogens with two attached hydrogens (primary N) is 1. The molecule has 4 heteroatoms. The highest BCUT2D eigenvalue weighted by molar-refractivity contribution is 7.98. The maximum Gasteiger partial charge on any atom is 0.121 e. The summed E-state index contributed by atoms with van der Waals surface area (Å²) in [4.78, 5) is 4.23. The van der Waals surface area contributed by atoms with Crippen molar-refractivity contribution in [2.24, 2.45) is 0 Å². The van der Waals surface area contributed by atoms with E-state index in [0.717, 1.165) is 10.8 Å². The van der Waals surface area contributed by atoms with Gasteiger partial charge in [0, 0.05) is 11.9 Å². The number of anilines is 1. The second kappa shape index (κ2) is 5.77. The molecule has 1 aromatic heterocycles. The average Bonchev–Trinajstić information content (AvgIpc) is 2.36. The lowest BCUT2D eigenvalue weighted by atomic mass is 10.1. The molecule has 0 atom stereocenters. The number of nitrogen functional groups attached to an aromatic ring is 1. The summed E-state index contributed by atoms with van der Waals surface area (Å²) in [5.41, 5.74) is 10.6. The summed E-state index contributed by atoms with van der Waals surface area (Å²) >= 11 is 1.56. The van der Waals surface area contributed by atoms with Crippen LogP contribution in [0.25, 0.3) is 0 Å². The zero-order valence-corrected chi connectivity index (χ0v) is 11.8. The number of pyridine rings is 1. The smallest absolute Gasteiger partial charge is 0.121 e. The highest BCUT2D eigenvalue weighted by Gasteiger charge is 2.07. The van der Waals surface area contributed by atoms with Gasteiger partial charge < -0.3 is 5.73 Å². The van der Waals surface area contributed by atoms with Gasteiger partial charge in [-0.25, -0.2) is 4.98 Å².